The van der Waals surface area contributed by atoms with Crippen LogP contribution in [0.5, 0.6) is 0 Å². The number of aryl methyl sites for hydroxylation is 1. The van der Waals surface area contributed by atoms with Crippen LogP contribution in [0.25, 0.3) is 0 Å². The van der Waals surface area contributed by atoms with Gasteiger partial charge >= 0.3 is 0 Å². The standard InChI is InChI=1S/C15H20N4O/c1-3-6-15-17-14(18-20-15)10-19-11(2)9-16-12-7-4-5-8-13(12)19/h4-5,7-8,11,16H,3,6,9-10H2,1-2H3. The van der Waals surface area contributed by atoms with Crippen LogP contribution in [0.4, 0.5) is 11.4 Å². The lowest BCUT2D eigenvalue weighted by molar-refractivity contribution is 0.371. The molecule has 20 heavy (non-hydrogen) atoms. The van der Waals surface area contributed by atoms with Gasteiger partial charge in [-0.3, -0.25) is 0 Å². The quantitative estimate of drug-likeness (QED) is 0.927. The van der Waals surface area contributed by atoms with Crippen molar-refractivity contribution in [1.82, 2.24) is 10.1 Å². The van der Waals surface area contributed by atoms with Crippen molar-refractivity contribution in [2.45, 2.75) is 39.3 Å². The Bertz CT molecular complexity index is 581. The van der Waals surface area contributed by atoms with Crippen molar-refractivity contribution >= 4 is 11.4 Å². The molecule has 0 spiro atoms. The number of para-hydroxylation sites is 2. The molecule has 106 valence electrons. The average Bonchev–Trinajstić information content (AvgIpc) is 2.90. The second-order valence-corrected chi connectivity index (χ2v) is 5.23. The molecule has 1 aromatic carbocycles. The van der Waals surface area contributed by atoms with Gasteiger partial charge in [-0.1, -0.05) is 24.2 Å². The molecule has 1 aliphatic heterocycles. The van der Waals surface area contributed by atoms with Gasteiger partial charge in [0.25, 0.3) is 0 Å². The Hall–Kier alpha value is -2.04. The third kappa shape index (κ3) is 2.48. The molecule has 0 bridgehead atoms. The zero-order valence-corrected chi connectivity index (χ0v) is 12.0. The molecule has 0 saturated heterocycles. The minimum atomic E-state index is 0.401. The number of anilines is 2. The zero-order valence-electron chi connectivity index (χ0n) is 12.0. The van der Waals surface area contributed by atoms with E-state index in [0.29, 0.717) is 12.6 Å². The largest absolute Gasteiger partial charge is 0.381 e. The molecule has 1 unspecified atom stereocenters. The Kier molecular flexibility index (Phi) is 3.58. The first-order valence-corrected chi connectivity index (χ1v) is 7.19. The fraction of sp³-hybridized carbons (Fsp3) is 0.467. The van der Waals surface area contributed by atoms with Gasteiger partial charge in [0.2, 0.25) is 5.89 Å². The molecular weight excluding hydrogens is 252 g/mol. The van der Waals surface area contributed by atoms with Crippen LogP contribution in [0.2, 0.25) is 0 Å². The fourth-order valence-electron chi connectivity index (χ4n) is 2.54. The smallest absolute Gasteiger partial charge is 0.226 e. The van der Waals surface area contributed by atoms with Crippen molar-refractivity contribution in [3.05, 3.63) is 36.0 Å². The summed E-state index contributed by atoms with van der Waals surface area (Å²) < 4.78 is 5.27. The van der Waals surface area contributed by atoms with Gasteiger partial charge in [0.1, 0.15) is 0 Å². The Morgan fingerprint density at radius 3 is 3.10 bits per heavy atom. The van der Waals surface area contributed by atoms with Gasteiger partial charge in [0.15, 0.2) is 5.82 Å². The van der Waals surface area contributed by atoms with Gasteiger partial charge in [-0.05, 0) is 25.5 Å². The first-order valence-electron chi connectivity index (χ1n) is 7.19. The summed E-state index contributed by atoms with van der Waals surface area (Å²) in [6.45, 7) is 5.93. The van der Waals surface area contributed by atoms with Crippen LogP contribution in [0.15, 0.2) is 28.8 Å². The van der Waals surface area contributed by atoms with Gasteiger partial charge in [0, 0.05) is 19.0 Å². The van der Waals surface area contributed by atoms with Gasteiger partial charge in [-0.2, -0.15) is 4.98 Å². The number of nitrogens with zero attached hydrogens (tertiary/aromatic N) is 3. The van der Waals surface area contributed by atoms with Crippen LogP contribution in [0, 0.1) is 0 Å². The Morgan fingerprint density at radius 2 is 2.25 bits per heavy atom. The van der Waals surface area contributed by atoms with E-state index in [1.54, 1.807) is 0 Å². The van der Waals surface area contributed by atoms with E-state index in [9.17, 15) is 0 Å². The fourth-order valence-corrected chi connectivity index (χ4v) is 2.54. The Labute approximate surface area is 119 Å². The number of aromatic nitrogens is 2. The van der Waals surface area contributed by atoms with Crippen molar-refractivity contribution in [3.8, 4) is 0 Å². The molecule has 0 aliphatic carbocycles. The molecule has 1 atom stereocenters. The normalized spacial score (nSPS) is 17.7. The molecule has 1 N–H and O–H groups in total. The van der Waals surface area contributed by atoms with Crippen molar-refractivity contribution in [3.63, 3.8) is 0 Å². The highest BCUT2D eigenvalue weighted by atomic mass is 16.5. The van der Waals surface area contributed by atoms with Crippen LogP contribution in [0.1, 0.15) is 32.0 Å². The maximum absolute atomic E-state index is 5.27. The third-order valence-electron chi connectivity index (χ3n) is 3.62. The number of rotatable bonds is 4. The topological polar surface area (TPSA) is 54.2 Å². The van der Waals surface area contributed by atoms with E-state index in [1.807, 2.05) is 6.07 Å². The lowest BCUT2D eigenvalue weighted by atomic mass is 10.1. The van der Waals surface area contributed by atoms with Crippen LogP contribution >= 0.6 is 0 Å². The minimum Gasteiger partial charge on any atom is -0.381 e. The maximum atomic E-state index is 5.27. The van der Waals surface area contributed by atoms with E-state index in [4.69, 9.17) is 4.52 Å². The van der Waals surface area contributed by atoms with Crippen LogP contribution in [-0.4, -0.2) is 22.7 Å². The Morgan fingerprint density at radius 1 is 1.40 bits per heavy atom. The average molecular weight is 272 g/mol. The summed E-state index contributed by atoms with van der Waals surface area (Å²) in [4.78, 5) is 6.79. The molecule has 0 radical (unpaired) electrons. The van der Waals surface area contributed by atoms with Gasteiger partial charge < -0.3 is 14.7 Å². The summed E-state index contributed by atoms with van der Waals surface area (Å²) in [5.41, 5.74) is 2.37. The molecule has 5 heteroatoms. The molecule has 5 nitrogen and oxygen atoms in total. The number of hydrogen-bond acceptors (Lipinski definition) is 5. The van der Waals surface area contributed by atoms with E-state index >= 15 is 0 Å². The summed E-state index contributed by atoms with van der Waals surface area (Å²) in [5.74, 6) is 1.50. The van der Waals surface area contributed by atoms with Crippen molar-refractivity contribution in [2.24, 2.45) is 0 Å². The molecule has 2 heterocycles. The first-order chi connectivity index (χ1) is 9.78. The van der Waals surface area contributed by atoms with Crippen LogP contribution < -0.4 is 10.2 Å². The summed E-state index contributed by atoms with van der Waals surface area (Å²) in [6.07, 6.45) is 1.87. The van der Waals surface area contributed by atoms with E-state index in [2.05, 4.69) is 52.4 Å². The maximum Gasteiger partial charge on any atom is 0.226 e. The van der Waals surface area contributed by atoms with Crippen molar-refractivity contribution in [2.75, 3.05) is 16.8 Å². The molecule has 1 aliphatic rings. The predicted octanol–water partition coefficient (Wildman–Crippen LogP) is 2.84. The van der Waals surface area contributed by atoms with E-state index in [0.717, 1.165) is 31.1 Å². The molecular formula is C15H20N4O. The Balaban J connectivity index is 1.82. The highest BCUT2D eigenvalue weighted by Crippen LogP contribution is 2.31. The SMILES string of the molecule is CCCc1nc(CN2c3ccccc3NCC2C)no1. The molecule has 0 amide bonds. The predicted molar refractivity (Wildman–Crippen MR) is 78.9 cm³/mol. The van der Waals surface area contributed by atoms with E-state index in [-0.39, 0.29) is 0 Å². The highest BCUT2D eigenvalue weighted by Gasteiger charge is 2.23. The van der Waals surface area contributed by atoms with Gasteiger partial charge in [-0.15, -0.1) is 0 Å². The second-order valence-electron chi connectivity index (χ2n) is 5.23. The zero-order chi connectivity index (χ0) is 13.9. The third-order valence-corrected chi connectivity index (χ3v) is 3.62. The molecule has 0 fully saturated rings. The molecule has 1 aromatic heterocycles. The molecule has 2 aromatic rings. The second kappa shape index (κ2) is 5.53. The number of hydrogen-bond donors (Lipinski definition) is 1. The summed E-state index contributed by atoms with van der Waals surface area (Å²) in [7, 11) is 0. The lowest BCUT2D eigenvalue weighted by Crippen LogP contribution is -2.41. The van der Waals surface area contributed by atoms with Gasteiger partial charge in [0.05, 0.1) is 17.9 Å². The molecule has 0 saturated carbocycles. The summed E-state index contributed by atoms with van der Waals surface area (Å²) >= 11 is 0. The monoisotopic (exact) mass is 272 g/mol. The van der Waals surface area contributed by atoms with Crippen molar-refractivity contribution in [1.29, 1.82) is 0 Å². The highest BCUT2D eigenvalue weighted by molar-refractivity contribution is 5.72. The summed E-state index contributed by atoms with van der Waals surface area (Å²) in [5, 5.41) is 7.54. The number of benzene rings is 1. The van der Waals surface area contributed by atoms with Crippen molar-refractivity contribution < 1.29 is 4.52 Å². The lowest BCUT2D eigenvalue weighted by Gasteiger charge is -2.36. The first kappa shape index (κ1) is 13.0. The minimum absolute atomic E-state index is 0.401. The number of nitrogens with one attached hydrogen (secondary N) is 1. The summed E-state index contributed by atoms with van der Waals surface area (Å²) in [6, 6.07) is 8.74. The van der Waals surface area contributed by atoms with E-state index < -0.39 is 0 Å². The van der Waals surface area contributed by atoms with Crippen LogP contribution in [0.3, 0.4) is 0 Å². The van der Waals surface area contributed by atoms with Crippen LogP contribution in [-0.2, 0) is 13.0 Å². The van der Waals surface area contributed by atoms with E-state index in [1.165, 1.54) is 11.4 Å². The number of fused-ring (bicyclic) bond motifs is 1. The molecule has 3 rings (SSSR count). The van der Waals surface area contributed by atoms with Gasteiger partial charge in [-0.25, -0.2) is 0 Å².